The minimum Gasteiger partial charge on any atom is -0.496 e. The molecule has 35 heavy (non-hydrogen) atoms. The van der Waals surface area contributed by atoms with Gasteiger partial charge in [0.15, 0.2) is 5.13 Å². The van der Waals surface area contributed by atoms with Gasteiger partial charge in [-0.1, -0.05) is 35.6 Å². The van der Waals surface area contributed by atoms with Crippen LogP contribution >= 0.6 is 11.3 Å². The summed E-state index contributed by atoms with van der Waals surface area (Å²) in [5.74, 6) is 0.166. The highest BCUT2D eigenvalue weighted by Gasteiger charge is 2.27. The first-order valence-electron chi connectivity index (χ1n) is 11.2. The number of nitrogens with zero attached hydrogens (tertiary/aromatic N) is 2. The SMILES string of the molecule is COc1ccccc1C(=O)N1CCc2nc(NC(=O)Nc3ccccc3C(=O)NC(C)C)sc2C1. The lowest BCUT2D eigenvalue weighted by molar-refractivity contribution is 0.0732. The van der Waals surface area contributed by atoms with Crippen LogP contribution in [-0.4, -0.2) is 47.4 Å². The summed E-state index contributed by atoms with van der Waals surface area (Å²) >= 11 is 1.33. The number of aromatic nitrogens is 1. The van der Waals surface area contributed by atoms with E-state index in [1.54, 1.807) is 48.4 Å². The van der Waals surface area contributed by atoms with Crippen molar-refractivity contribution < 1.29 is 19.1 Å². The van der Waals surface area contributed by atoms with Crippen molar-refractivity contribution in [1.82, 2.24) is 15.2 Å². The molecule has 0 unspecified atom stereocenters. The number of benzene rings is 2. The van der Waals surface area contributed by atoms with Crippen LogP contribution in [0.4, 0.5) is 15.6 Å². The highest BCUT2D eigenvalue weighted by Crippen LogP contribution is 2.30. The topological polar surface area (TPSA) is 113 Å². The highest BCUT2D eigenvalue weighted by atomic mass is 32.1. The Morgan fingerprint density at radius 3 is 2.49 bits per heavy atom. The Morgan fingerprint density at radius 1 is 1.03 bits per heavy atom. The summed E-state index contributed by atoms with van der Waals surface area (Å²) in [5, 5.41) is 8.74. The van der Waals surface area contributed by atoms with E-state index in [0.29, 0.717) is 47.2 Å². The summed E-state index contributed by atoms with van der Waals surface area (Å²) in [6, 6.07) is 13.4. The predicted octanol–water partition coefficient (Wildman–Crippen LogP) is 4.13. The van der Waals surface area contributed by atoms with Gasteiger partial charge in [0, 0.05) is 23.9 Å². The Balaban J connectivity index is 1.42. The van der Waals surface area contributed by atoms with E-state index in [-0.39, 0.29) is 17.9 Å². The Labute approximate surface area is 207 Å². The van der Waals surface area contributed by atoms with Gasteiger partial charge in [-0.25, -0.2) is 9.78 Å². The van der Waals surface area contributed by atoms with Crippen molar-refractivity contribution in [3.05, 3.63) is 70.2 Å². The molecule has 0 bridgehead atoms. The molecule has 1 aliphatic heterocycles. The molecule has 0 aliphatic carbocycles. The molecule has 3 N–H and O–H groups in total. The van der Waals surface area contributed by atoms with Crippen molar-refractivity contribution in [3.63, 3.8) is 0 Å². The zero-order valence-electron chi connectivity index (χ0n) is 19.8. The van der Waals surface area contributed by atoms with E-state index in [0.717, 1.165) is 10.6 Å². The molecule has 1 aliphatic rings. The molecule has 4 rings (SSSR count). The molecule has 0 radical (unpaired) electrons. The molecule has 10 heteroatoms. The fourth-order valence-electron chi connectivity index (χ4n) is 3.79. The number of anilines is 2. The molecular weight excluding hydrogens is 466 g/mol. The van der Waals surface area contributed by atoms with Crippen LogP contribution in [0.5, 0.6) is 5.75 Å². The van der Waals surface area contributed by atoms with Crippen molar-refractivity contribution in [3.8, 4) is 5.75 Å². The van der Waals surface area contributed by atoms with Gasteiger partial charge in [0.05, 0.1) is 36.2 Å². The second-order valence-corrected chi connectivity index (χ2v) is 9.40. The van der Waals surface area contributed by atoms with E-state index >= 15 is 0 Å². The van der Waals surface area contributed by atoms with Gasteiger partial charge in [0.2, 0.25) is 0 Å². The molecule has 0 fully saturated rings. The first-order chi connectivity index (χ1) is 16.9. The fraction of sp³-hybridized carbons (Fsp3) is 0.280. The average molecular weight is 494 g/mol. The number of amides is 4. The first-order valence-corrected chi connectivity index (χ1v) is 12.1. The predicted molar refractivity (Wildman–Crippen MR) is 135 cm³/mol. The number of carbonyl (C=O) groups is 3. The third-order valence-corrected chi connectivity index (χ3v) is 6.41. The quantitative estimate of drug-likeness (QED) is 0.478. The van der Waals surface area contributed by atoms with Crippen LogP contribution in [0.1, 0.15) is 45.1 Å². The van der Waals surface area contributed by atoms with Crippen LogP contribution in [0.15, 0.2) is 48.5 Å². The molecule has 9 nitrogen and oxygen atoms in total. The van der Waals surface area contributed by atoms with Crippen LogP contribution in [0.3, 0.4) is 0 Å². The Kier molecular flexibility index (Phi) is 7.31. The molecule has 0 atom stereocenters. The molecule has 1 aromatic heterocycles. The maximum absolute atomic E-state index is 13.0. The van der Waals surface area contributed by atoms with Crippen LogP contribution < -0.4 is 20.7 Å². The van der Waals surface area contributed by atoms with Gasteiger partial charge in [-0.3, -0.25) is 14.9 Å². The summed E-state index contributed by atoms with van der Waals surface area (Å²) in [4.78, 5) is 45.4. The standard InChI is InChI=1S/C25H27N5O4S/c1-15(2)26-22(31)16-8-4-6-10-18(16)27-24(33)29-25-28-19-12-13-30(14-21(19)35-25)23(32)17-9-5-7-11-20(17)34-3/h4-11,15H,12-14H2,1-3H3,(H,26,31)(H2,27,28,29,33). The fourth-order valence-corrected chi connectivity index (χ4v) is 4.81. The van der Waals surface area contributed by atoms with Gasteiger partial charge in [-0.15, -0.1) is 0 Å². The van der Waals surface area contributed by atoms with Gasteiger partial charge in [0.25, 0.3) is 11.8 Å². The lowest BCUT2D eigenvalue weighted by Gasteiger charge is -2.26. The van der Waals surface area contributed by atoms with Crippen LogP contribution in [-0.2, 0) is 13.0 Å². The first kappa shape index (κ1) is 24.2. The monoisotopic (exact) mass is 493 g/mol. The molecule has 2 heterocycles. The highest BCUT2D eigenvalue weighted by molar-refractivity contribution is 7.15. The molecule has 4 amide bonds. The summed E-state index contributed by atoms with van der Waals surface area (Å²) in [7, 11) is 1.54. The van der Waals surface area contributed by atoms with Crippen molar-refractivity contribution in [2.24, 2.45) is 0 Å². The van der Waals surface area contributed by atoms with Crippen molar-refractivity contribution >= 4 is 40.0 Å². The maximum Gasteiger partial charge on any atom is 0.325 e. The lowest BCUT2D eigenvalue weighted by atomic mass is 10.1. The van der Waals surface area contributed by atoms with Gasteiger partial charge >= 0.3 is 6.03 Å². The summed E-state index contributed by atoms with van der Waals surface area (Å²) in [6.07, 6.45) is 0.591. The van der Waals surface area contributed by atoms with Crippen LogP contribution in [0.2, 0.25) is 0 Å². The lowest BCUT2D eigenvalue weighted by Crippen LogP contribution is -2.35. The number of thiazole rings is 1. The van der Waals surface area contributed by atoms with Crippen molar-refractivity contribution in [1.29, 1.82) is 0 Å². The van der Waals surface area contributed by atoms with E-state index in [2.05, 4.69) is 20.9 Å². The molecule has 0 saturated heterocycles. The number of urea groups is 1. The second-order valence-electron chi connectivity index (χ2n) is 8.32. The Hall–Kier alpha value is -3.92. The molecule has 182 valence electrons. The minimum atomic E-state index is -0.497. The Morgan fingerprint density at radius 2 is 1.74 bits per heavy atom. The van der Waals surface area contributed by atoms with E-state index in [9.17, 15) is 14.4 Å². The number of nitrogens with one attached hydrogen (secondary N) is 3. The van der Waals surface area contributed by atoms with E-state index < -0.39 is 6.03 Å². The summed E-state index contributed by atoms with van der Waals surface area (Å²) < 4.78 is 5.33. The number of rotatable bonds is 6. The number of fused-ring (bicyclic) bond motifs is 1. The van der Waals surface area contributed by atoms with Crippen molar-refractivity contribution in [2.45, 2.75) is 32.9 Å². The molecule has 2 aromatic carbocycles. The second kappa shape index (κ2) is 10.6. The van der Waals surface area contributed by atoms with Gasteiger partial charge in [-0.2, -0.15) is 0 Å². The smallest absolute Gasteiger partial charge is 0.325 e. The van der Waals surface area contributed by atoms with Crippen LogP contribution in [0, 0.1) is 0 Å². The number of carbonyl (C=O) groups excluding carboxylic acids is 3. The summed E-state index contributed by atoms with van der Waals surface area (Å²) in [6.45, 7) is 4.68. The van der Waals surface area contributed by atoms with E-state index in [1.807, 2.05) is 26.0 Å². The van der Waals surface area contributed by atoms with Crippen molar-refractivity contribution in [2.75, 3.05) is 24.3 Å². The molecule has 3 aromatic rings. The number of para-hydroxylation sites is 2. The summed E-state index contributed by atoms with van der Waals surface area (Å²) in [5.41, 5.74) is 2.16. The zero-order chi connectivity index (χ0) is 24.9. The minimum absolute atomic E-state index is 0.0274. The molecule has 0 saturated carbocycles. The molecule has 0 spiro atoms. The maximum atomic E-state index is 13.0. The van der Waals surface area contributed by atoms with Gasteiger partial charge in [-0.05, 0) is 38.1 Å². The van der Waals surface area contributed by atoms with Crippen LogP contribution in [0.25, 0.3) is 0 Å². The van der Waals surface area contributed by atoms with E-state index in [1.165, 1.54) is 11.3 Å². The largest absolute Gasteiger partial charge is 0.496 e. The van der Waals surface area contributed by atoms with E-state index in [4.69, 9.17) is 4.74 Å². The molecular formula is C25H27N5O4S. The number of ether oxygens (including phenoxy) is 1. The van der Waals surface area contributed by atoms with Gasteiger partial charge < -0.3 is 20.3 Å². The Bertz CT molecular complexity index is 1260. The average Bonchev–Trinajstić information content (AvgIpc) is 3.24. The third kappa shape index (κ3) is 5.60. The zero-order valence-corrected chi connectivity index (χ0v) is 20.6. The third-order valence-electron chi connectivity index (χ3n) is 5.42. The van der Waals surface area contributed by atoms with Gasteiger partial charge in [0.1, 0.15) is 5.75 Å². The number of hydrogen-bond donors (Lipinski definition) is 3. The number of methoxy groups -OCH3 is 1. The number of hydrogen-bond acceptors (Lipinski definition) is 6. The normalized spacial score (nSPS) is 12.6.